The highest BCUT2D eigenvalue weighted by molar-refractivity contribution is 5.85. The van der Waals surface area contributed by atoms with Crippen LogP contribution in [0.1, 0.15) is 119 Å². The van der Waals surface area contributed by atoms with Crippen LogP contribution in [0.25, 0.3) is 0 Å². The zero-order valence-electron chi connectivity index (χ0n) is 23.7. The Bertz CT molecular complexity index is 712. The molecule has 0 heterocycles. The molecular weight excluding hydrogens is 454 g/mol. The average molecular weight is 510 g/mol. The van der Waals surface area contributed by atoms with Gasteiger partial charge < -0.3 is 10.5 Å². The van der Waals surface area contributed by atoms with Gasteiger partial charge in [-0.25, -0.2) is 0 Å². The van der Waals surface area contributed by atoms with Crippen LogP contribution in [0, 0.1) is 58.2 Å². The summed E-state index contributed by atoms with van der Waals surface area (Å²) in [5, 5.41) is 0. The number of hydrogen-bond donors (Lipinski definition) is 1. The predicted octanol–water partition coefficient (Wildman–Crippen LogP) is 8.04. The summed E-state index contributed by atoms with van der Waals surface area (Å²) in [6.45, 7) is 15.0. The van der Waals surface area contributed by atoms with Crippen molar-refractivity contribution in [1.82, 2.24) is 0 Å². The van der Waals surface area contributed by atoms with Crippen LogP contribution in [0.15, 0.2) is 0 Å². The lowest BCUT2D eigenvalue weighted by atomic mass is 9.44. The van der Waals surface area contributed by atoms with Crippen molar-refractivity contribution in [1.29, 1.82) is 0 Å². The summed E-state index contributed by atoms with van der Waals surface area (Å²) in [6.07, 6.45) is 16.2. The molecule has 4 aliphatic carbocycles. The third-order valence-electron chi connectivity index (χ3n) is 12.3. The smallest absolute Gasteiger partial charge is 0.319 e. The van der Waals surface area contributed by atoms with E-state index in [1.54, 1.807) is 0 Å². The van der Waals surface area contributed by atoms with Crippen molar-refractivity contribution in [2.45, 2.75) is 125 Å². The van der Waals surface area contributed by atoms with Gasteiger partial charge in [-0.15, -0.1) is 12.4 Å². The Morgan fingerprint density at radius 2 is 1.71 bits per heavy atom. The second kappa shape index (κ2) is 11.6. The first-order valence-electron chi connectivity index (χ1n) is 15.1. The Morgan fingerprint density at radius 1 is 0.971 bits per heavy atom. The third kappa shape index (κ3) is 5.21. The molecule has 3 nitrogen and oxygen atoms in total. The molecule has 204 valence electrons. The van der Waals surface area contributed by atoms with Gasteiger partial charge in [0.25, 0.3) is 0 Å². The second-order valence-corrected chi connectivity index (χ2v) is 13.8. The first kappa shape index (κ1) is 29.3. The minimum atomic E-state index is -0.198. The van der Waals surface area contributed by atoms with Crippen LogP contribution >= 0.6 is 12.4 Å². The summed E-state index contributed by atoms with van der Waals surface area (Å²) in [5.74, 6) is 6.39. The van der Waals surface area contributed by atoms with Gasteiger partial charge in [0.05, 0.1) is 6.54 Å². The number of halogens is 1. The highest BCUT2D eigenvalue weighted by Crippen LogP contribution is 2.68. The van der Waals surface area contributed by atoms with E-state index in [9.17, 15) is 4.79 Å². The molecule has 0 radical (unpaired) electrons. The highest BCUT2D eigenvalue weighted by Gasteiger charge is 2.62. The van der Waals surface area contributed by atoms with E-state index in [1.165, 1.54) is 70.6 Å². The minimum Gasteiger partial charge on any atom is -0.461 e. The number of hydrogen-bond acceptors (Lipinski definition) is 3. The maximum atomic E-state index is 12.2. The fourth-order valence-corrected chi connectivity index (χ4v) is 10.3. The van der Waals surface area contributed by atoms with Crippen LogP contribution in [-0.4, -0.2) is 18.6 Å². The lowest BCUT2D eigenvalue weighted by Crippen LogP contribution is -2.58. The third-order valence-corrected chi connectivity index (χ3v) is 12.3. The van der Waals surface area contributed by atoms with E-state index in [2.05, 4.69) is 41.5 Å². The topological polar surface area (TPSA) is 52.3 Å². The summed E-state index contributed by atoms with van der Waals surface area (Å²) in [4.78, 5) is 12.2. The number of nitrogens with two attached hydrogens (primary N) is 1. The average Bonchev–Trinajstić information content (AvgIpc) is 3.16. The monoisotopic (exact) mass is 509 g/mol. The molecule has 4 rings (SSSR count). The molecule has 4 fully saturated rings. The predicted molar refractivity (Wildman–Crippen MR) is 148 cm³/mol. The van der Waals surface area contributed by atoms with Gasteiger partial charge >= 0.3 is 5.97 Å². The number of carbonyl (C=O) groups excluding carboxylic acids is 1. The van der Waals surface area contributed by atoms with Gasteiger partial charge in [-0.2, -0.15) is 0 Å². The molecule has 0 spiro atoms. The van der Waals surface area contributed by atoms with Gasteiger partial charge in [0, 0.05) is 5.41 Å². The Hall–Kier alpha value is -0.280. The van der Waals surface area contributed by atoms with Crippen molar-refractivity contribution >= 4 is 18.4 Å². The summed E-state index contributed by atoms with van der Waals surface area (Å²) in [6, 6.07) is 0. The van der Waals surface area contributed by atoms with Gasteiger partial charge in [0.15, 0.2) is 0 Å². The van der Waals surface area contributed by atoms with Crippen LogP contribution in [0.4, 0.5) is 0 Å². The molecule has 0 aromatic heterocycles. The number of carbonyl (C=O) groups is 1. The number of esters is 1. The van der Waals surface area contributed by atoms with Gasteiger partial charge in [-0.1, -0.05) is 54.4 Å². The van der Waals surface area contributed by atoms with Crippen LogP contribution in [-0.2, 0) is 9.53 Å². The Morgan fingerprint density at radius 3 is 2.37 bits per heavy atom. The van der Waals surface area contributed by atoms with E-state index in [0.29, 0.717) is 5.41 Å². The second-order valence-electron chi connectivity index (χ2n) is 13.8. The molecule has 0 aliphatic heterocycles. The van der Waals surface area contributed by atoms with Crippen molar-refractivity contribution in [2.75, 3.05) is 6.54 Å². The van der Waals surface area contributed by atoms with E-state index in [1.807, 2.05) is 0 Å². The summed E-state index contributed by atoms with van der Waals surface area (Å²) in [5.41, 5.74) is 6.33. The van der Waals surface area contributed by atoms with Crippen molar-refractivity contribution in [3.8, 4) is 0 Å². The summed E-state index contributed by atoms with van der Waals surface area (Å²) >= 11 is 0. The van der Waals surface area contributed by atoms with E-state index in [-0.39, 0.29) is 36.4 Å². The molecule has 2 unspecified atom stereocenters. The molecule has 35 heavy (non-hydrogen) atoms. The number of ether oxygens (including phenoxy) is 1. The molecule has 10 atom stereocenters. The van der Waals surface area contributed by atoms with Crippen LogP contribution in [0.5, 0.6) is 0 Å². The fraction of sp³-hybridized carbons (Fsp3) is 0.968. The lowest BCUT2D eigenvalue weighted by molar-refractivity contribution is -0.190. The number of fused-ring (bicyclic) bond motifs is 5. The molecule has 0 saturated heterocycles. The normalized spacial score (nSPS) is 42.3. The first-order valence-corrected chi connectivity index (χ1v) is 15.1. The molecular formula is C31H56ClNO2. The first-order chi connectivity index (χ1) is 16.2. The lowest BCUT2D eigenvalue weighted by Gasteiger charge is -2.62. The van der Waals surface area contributed by atoms with Crippen molar-refractivity contribution in [3.63, 3.8) is 0 Å². The zero-order chi connectivity index (χ0) is 24.7. The SMILES string of the molecule is CC[C@H](CC[C@@H](C)[C@H]1CC[C@H]2[C@H]3CCC4CCCC(OC(=O)CN)[C@]4(C)[C@H]3CC[C@]12C)C(C)C.Cl. The van der Waals surface area contributed by atoms with Crippen LogP contribution < -0.4 is 5.73 Å². The zero-order valence-corrected chi connectivity index (χ0v) is 24.5. The molecule has 4 heteroatoms. The van der Waals surface area contributed by atoms with E-state index >= 15 is 0 Å². The van der Waals surface area contributed by atoms with E-state index < -0.39 is 0 Å². The molecule has 0 aromatic carbocycles. The number of rotatable bonds is 8. The van der Waals surface area contributed by atoms with E-state index in [0.717, 1.165) is 53.8 Å². The fourth-order valence-electron chi connectivity index (χ4n) is 10.3. The van der Waals surface area contributed by atoms with Gasteiger partial charge in [0.1, 0.15) is 6.10 Å². The van der Waals surface area contributed by atoms with Crippen LogP contribution in [0.2, 0.25) is 0 Å². The van der Waals surface area contributed by atoms with Crippen molar-refractivity contribution < 1.29 is 9.53 Å². The van der Waals surface area contributed by atoms with Gasteiger partial charge in [-0.05, 0) is 117 Å². The molecule has 0 amide bonds. The molecule has 4 aliphatic rings. The molecule has 4 saturated carbocycles. The maximum Gasteiger partial charge on any atom is 0.319 e. The largest absolute Gasteiger partial charge is 0.461 e. The Balaban J connectivity index is 0.00000342. The van der Waals surface area contributed by atoms with Gasteiger partial charge in [0.2, 0.25) is 0 Å². The molecule has 0 bridgehead atoms. The maximum absolute atomic E-state index is 12.2. The summed E-state index contributed by atoms with van der Waals surface area (Å²) < 4.78 is 6.08. The molecule has 2 N–H and O–H groups in total. The Kier molecular flexibility index (Phi) is 9.73. The minimum absolute atomic E-state index is 0. The Labute approximate surface area is 222 Å². The van der Waals surface area contributed by atoms with E-state index in [4.69, 9.17) is 10.5 Å². The standard InChI is InChI=1S/C31H55NO2.ClH/c1-7-22(20(2)3)12-11-21(4)25-15-16-26-24-14-13-23-9-8-10-28(34-29(33)19-32)31(23,6)27(24)17-18-30(25,26)5;/h20-28H,7-19,32H2,1-6H3;1H/t21-,22-,23?,24-,25-,26+,27+,28?,30-,31+;/m1./s1. The van der Waals surface area contributed by atoms with Crippen LogP contribution in [0.3, 0.4) is 0 Å². The highest BCUT2D eigenvalue weighted by atomic mass is 35.5. The molecule has 0 aromatic rings. The van der Waals surface area contributed by atoms with Gasteiger partial charge in [-0.3, -0.25) is 4.79 Å². The quantitative estimate of drug-likeness (QED) is 0.337. The summed E-state index contributed by atoms with van der Waals surface area (Å²) in [7, 11) is 0. The van der Waals surface area contributed by atoms with Crippen molar-refractivity contribution in [2.24, 2.45) is 63.9 Å². The van der Waals surface area contributed by atoms with Crippen molar-refractivity contribution in [3.05, 3.63) is 0 Å².